The number of carboxylic acids is 2. The van der Waals surface area contributed by atoms with Crippen LogP contribution in [0, 0.1) is 0 Å². The van der Waals surface area contributed by atoms with Gasteiger partial charge < -0.3 is 10.2 Å². The zero-order valence-electron chi connectivity index (χ0n) is 9.45. The van der Waals surface area contributed by atoms with E-state index in [1.807, 2.05) is 0 Å². The SMILES string of the molecule is CC=C1C=C(C(=O)O)CC(C(=O)O)(S(=O)(=O)O)C1. The van der Waals surface area contributed by atoms with Crippen LogP contribution in [0.25, 0.3) is 0 Å². The van der Waals surface area contributed by atoms with E-state index in [2.05, 4.69) is 0 Å². The first-order valence-corrected chi connectivity index (χ1v) is 6.37. The third kappa shape index (κ3) is 2.29. The van der Waals surface area contributed by atoms with Crippen molar-refractivity contribution >= 4 is 22.1 Å². The van der Waals surface area contributed by atoms with Gasteiger partial charge in [0.2, 0.25) is 4.75 Å². The van der Waals surface area contributed by atoms with E-state index in [0.717, 1.165) is 0 Å². The van der Waals surface area contributed by atoms with Crippen LogP contribution in [0.4, 0.5) is 0 Å². The molecule has 3 N–H and O–H groups in total. The topological polar surface area (TPSA) is 129 Å². The van der Waals surface area contributed by atoms with Crippen LogP contribution in [-0.4, -0.2) is 39.9 Å². The van der Waals surface area contributed by atoms with Gasteiger partial charge in [0.25, 0.3) is 10.1 Å². The third-order valence-corrected chi connectivity index (χ3v) is 4.31. The lowest BCUT2D eigenvalue weighted by atomic mass is 9.85. The molecule has 8 heteroatoms. The first-order valence-electron chi connectivity index (χ1n) is 4.93. The fraction of sp³-hybridized carbons (Fsp3) is 0.400. The van der Waals surface area contributed by atoms with Crippen molar-refractivity contribution in [2.75, 3.05) is 0 Å². The molecule has 0 saturated carbocycles. The molecule has 1 atom stereocenters. The van der Waals surface area contributed by atoms with Crippen LogP contribution < -0.4 is 0 Å². The molecule has 100 valence electrons. The molecule has 0 aromatic carbocycles. The van der Waals surface area contributed by atoms with E-state index in [1.54, 1.807) is 0 Å². The van der Waals surface area contributed by atoms with E-state index >= 15 is 0 Å². The van der Waals surface area contributed by atoms with Gasteiger partial charge in [0.05, 0.1) is 0 Å². The molecule has 0 fully saturated rings. The first-order chi connectivity index (χ1) is 8.14. The maximum atomic E-state index is 11.3. The van der Waals surface area contributed by atoms with E-state index < -0.39 is 39.6 Å². The quantitative estimate of drug-likeness (QED) is 0.638. The Bertz CT molecular complexity index is 555. The molecule has 0 spiro atoms. The number of hydrogen-bond donors (Lipinski definition) is 3. The molecule has 1 rings (SSSR count). The highest BCUT2D eigenvalue weighted by Gasteiger charge is 2.53. The number of rotatable bonds is 3. The number of hydrogen-bond acceptors (Lipinski definition) is 4. The lowest BCUT2D eigenvalue weighted by Gasteiger charge is -2.30. The summed E-state index contributed by atoms with van der Waals surface area (Å²) >= 11 is 0. The highest BCUT2D eigenvalue weighted by molar-refractivity contribution is 7.88. The Morgan fingerprint density at radius 2 is 1.89 bits per heavy atom. The molecular formula is C10H12O7S. The van der Waals surface area contributed by atoms with Crippen LogP contribution >= 0.6 is 0 Å². The normalized spacial score (nSPS) is 26.8. The number of aliphatic carboxylic acids is 2. The Morgan fingerprint density at radius 1 is 1.33 bits per heavy atom. The molecule has 0 heterocycles. The lowest BCUT2D eigenvalue weighted by Crippen LogP contribution is -2.48. The molecule has 0 aromatic heterocycles. The molecule has 0 saturated heterocycles. The van der Waals surface area contributed by atoms with Gasteiger partial charge in [0.15, 0.2) is 0 Å². The number of allylic oxidation sites excluding steroid dienone is 3. The van der Waals surface area contributed by atoms with Crippen molar-refractivity contribution in [3.05, 3.63) is 23.3 Å². The summed E-state index contributed by atoms with van der Waals surface area (Å²) in [6.45, 7) is 1.52. The van der Waals surface area contributed by atoms with Crippen LogP contribution in [0.15, 0.2) is 23.3 Å². The Labute approximate surface area is 103 Å². The average Bonchev–Trinajstić information content (AvgIpc) is 2.26. The predicted octanol–water partition coefficient (Wildman–Crippen LogP) is 0.449. The first kappa shape index (κ1) is 14.4. The fourth-order valence-electron chi connectivity index (χ4n) is 1.79. The summed E-state index contributed by atoms with van der Waals surface area (Å²) in [5.74, 6) is -3.18. The third-order valence-electron chi connectivity index (χ3n) is 2.85. The molecule has 1 unspecified atom stereocenters. The molecule has 0 bridgehead atoms. The second-order valence-electron chi connectivity index (χ2n) is 3.97. The maximum Gasteiger partial charge on any atom is 0.331 e. The molecule has 0 amide bonds. The summed E-state index contributed by atoms with van der Waals surface area (Å²) < 4.78 is 29.2. The van der Waals surface area contributed by atoms with E-state index in [4.69, 9.17) is 14.8 Å². The van der Waals surface area contributed by atoms with Crippen molar-refractivity contribution in [1.82, 2.24) is 0 Å². The number of carboxylic acid groups (broad SMARTS) is 2. The highest BCUT2D eigenvalue weighted by atomic mass is 32.2. The van der Waals surface area contributed by atoms with Crippen molar-refractivity contribution < 1.29 is 32.8 Å². The molecule has 0 aliphatic heterocycles. The zero-order valence-corrected chi connectivity index (χ0v) is 10.3. The van der Waals surface area contributed by atoms with E-state index in [1.165, 1.54) is 19.1 Å². The van der Waals surface area contributed by atoms with Crippen LogP contribution in [0.2, 0.25) is 0 Å². The van der Waals surface area contributed by atoms with E-state index in [0.29, 0.717) is 0 Å². The predicted molar refractivity (Wildman–Crippen MR) is 60.6 cm³/mol. The Balaban J connectivity index is 3.47. The summed E-state index contributed by atoms with van der Waals surface area (Å²) in [6.07, 6.45) is 1.39. The second-order valence-corrected chi connectivity index (χ2v) is 5.70. The van der Waals surface area contributed by atoms with Crippen LogP contribution in [0.3, 0.4) is 0 Å². The molecular weight excluding hydrogens is 264 g/mol. The molecule has 1 aliphatic carbocycles. The average molecular weight is 276 g/mol. The second kappa shape index (κ2) is 4.54. The summed E-state index contributed by atoms with van der Waals surface area (Å²) in [5, 5.41) is 17.9. The molecule has 0 aromatic rings. The van der Waals surface area contributed by atoms with Crippen molar-refractivity contribution in [2.24, 2.45) is 0 Å². The molecule has 18 heavy (non-hydrogen) atoms. The van der Waals surface area contributed by atoms with Crippen molar-refractivity contribution in [3.63, 3.8) is 0 Å². The van der Waals surface area contributed by atoms with Gasteiger partial charge >= 0.3 is 11.9 Å². The minimum atomic E-state index is -4.94. The molecule has 0 radical (unpaired) electrons. The molecule has 1 aliphatic rings. The lowest BCUT2D eigenvalue weighted by molar-refractivity contribution is -0.140. The highest BCUT2D eigenvalue weighted by Crippen LogP contribution is 2.37. The largest absolute Gasteiger partial charge is 0.480 e. The van der Waals surface area contributed by atoms with Gasteiger partial charge in [-0.1, -0.05) is 6.08 Å². The monoisotopic (exact) mass is 276 g/mol. The zero-order chi connectivity index (χ0) is 14.1. The van der Waals surface area contributed by atoms with E-state index in [9.17, 15) is 18.0 Å². The maximum absolute atomic E-state index is 11.3. The van der Waals surface area contributed by atoms with Crippen molar-refractivity contribution in [3.8, 4) is 0 Å². The van der Waals surface area contributed by atoms with Crippen molar-refractivity contribution in [2.45, 2.75) is 24.5 Å². The van der Waals surface area contributed by atoms with Gasteiger partial charge in [0.1, 0.15) is 0 Å². The Kier molecular flexibility index (Phi) is 3.63. The van der Waals surface area contributed by atoms with Gasteiger partial charge in [0, 0.05) is 18.4 Å². The van der Waals surface area contributed by atoms with Gasteiger partial charge in [-0.2, -0.15) is 8.42 Å². The smallest absolute Gasteiger partial charge is 0.331 e. The standard InChI is InChI=1S/C10H12O7S/c1-2-6-3-7(8(11)12)5-10(4-6,9(13)14)18(15,16)17/h2-3H,4-5H2,1H3,(H,11,12)(H,13,14)(H,15,16,17). The number of carbonyl (C=O) groups is 2. The van der Waals surface area contributed by atoms with Crippen LogP contribution in [0.5, 0.6) is 0 Å². The summed E-state index contributed by atoms with van der Waals surface area (Å²) in [6, 6.07) is 0. The van der Waals surface area contributed by atoms with Crippen molar-refractivity contribution in [1.29, 1.82) is 0 Å². The van der Waals surface area contributed by atoms with Gasteiger partial charge in [-0.3, -0.25) is 9.35 Å². The molecule has 7 nitrogen and oxygen atoms in total. The fourth-order valence-corrected chi connectivity index (χ4v) is 2.70. The van der Waals surface area contributed by atoms with Crippen LogP contribution in [0.1, 0.15) is 19.8 Å². The summed E-state index contributed by atoms with van der Waals surface area (Å²) in [5.41, 5.74) is -0.131. The minimum Gasteiger partial charge on any atom is -0.480 e. The van der Waals surface area contributed by atoms with Gasteiger partial charge in [-0.25, -0.2) is 4.79 Å². The van der Waals surface area contributed by atoms with Gasteiger partial charge in [-0.15, -0.1) is 0 Å². The van der Waals surface area contributed by atoms with E-state index in [-0.39, 0.29) is 11.1 Å². The Morgan fingerprint density at radius 3 is 2.22 bits per heavy atom. The van der Waals surface area contributed by atoms with Crippen LogP contribution in [-0.2, 0) is 19.7 Å². The minimum absolute atomic E-state index is 0.235. The Hall–Kier alpha value is -1.67. The summed E-state index contributed by atoms with van der Waals surface area (Å²) in [7, 11) is -4.94. The van der Waals surface area contributed by atoms with Gasteiger partial charge in [-0.05, 0) is 18.6 Å². The summed E-state index contributed by atoms with van der Waals surface area (Å²) in [4.78, 5) is 22.1.